The Morgan fingerprint density at radius 3 is 2.60 bits per heavy atom. The Labute approximate surface area is 168 Å². The van der Waals surface area contributed by atoms with Gasteiger partial charge in [-0.25, -0.2) is 9.18 Å². The van der Waals surface area contributed by atoms with E-state index in [4.69, 9.17) is 4.74 Å². The number of rotatable bonds is 3. The number of nitrogens with zero attached hydrogens (tertiary/aromatic N) is 1. The van der Waals surface area contributed by atoms with E-state index in [1.165, 1.54) is 37.3 Å². The number of ether oxygens (including phenoxy) is 1. The molecule has 2 amide bonds. The molecule has 1 unspecified atom stereocenters. The summed E-state index contributed by atoms with van der Waals surface area (Å²) < 4.78 is 59.1. The van der Waals surface area contributed by atoms with Gasteiger partial charge in [-0.05, 0) is 36.8 Å². The molecule has 6 nitrogen and oxygen atoms in total. The van der Waals surface area contributed by atoms with Gasteiger partial charge in [0.25, 0.3) is 5.91 Å². The highest BCUT2D eigenvalue weighted by molar-refractivity contribution is 6.05. The van der Waals surface area contributed by atoms with Crippen LogP contribution in [0.4, 0.5) is 28.9 Å². The minimum Gasteiger partial charge on any atom is -0.452 e. The highest BCUT2D eigenvalue weighted by Gasteiger charge is 2.49. The zero-order valence-corrected chi connectivity index (χ0v) is 15.6. The summed E-state index contributed by atoms with van der Waals surface area (Å²) in [5.41, 5.74) is 0.0729. The molecule has 158 valence electrons. The Bertz CT molecular complexity index is 1010. The molecule has 2 aromatic carbocycles. The summed E-state index contributed by atoms with van der Waals surface area (Å²) in [6, 6.07) is 6.42. The summed E-state index contributed by atoms with van der Waals surface area (Å²) in [5, 5.41) is 2.33. The van der Waals surface area contributed by atoms with Gasteiger partial charge in [0.1, 0.15) is 11.9 Å². The number of alkyl halides is 3. The predicted molar refractivity (Wildman–Crippen MR) is 98.4 cm³/mol. The molecular weight excluding hydrogens is 408 g/mol. The third-order valence-electron chi connectivity index (χ3n) is 4.52. The number of benzene rings is 2. The van der Waals surface area contributed by atoms with Crippen molar-refractivity contribution in [2.24, 2.45) is 0 Å². The van der Waals surface area contributed by atoms with Crippen LogP contribution in [0, 0.1) is 12.7 Å². The number of nitrogens with one attached hydrogen (secondary N) is 1. The van der Waals surface area contributed by atoms with E-state index < -0.39 is 48.8 Å². The first kappa shape index (κ1) is 21.3. The van der Waals surface area contributed by atoms with E-state index >= 15 is 0 Å². The number of amides is 2. The number of hydrogen-bond donors (Lipinski definition) is 1. The molecule has 0 spiro atoms. The first-order chi connectivity index (χ1) is 14.1. The van der Waals surface area contributed by atoms with Crippen LogP contribution in [0.3, 0.4) is 0 Å². The monoisotopic (exact) mass is 424 g/mol. The van der Waals surface area contributed by atoms with E-state index in [1.807, 2.05) is 0 Å². The number of para-hydroxylation sites is 2. The van der Waals surface area contributed by atoms with Crippen LogP contribution in [0.25, 0.3) is 0 Å². The van der Waals surface area contributed by atoms with Crippen LogP contribution in [-0.2, 0) is 14.3 Å². The average molecular weight is 424 g/mol. The van der Waals surface area contributed by atoms with Gasteiger partial charge < -0.3 is 10.1 Å². The smallest absolute Gasteiger partial charge is 0.409 e. The van der Waals surface area contributed by atoms with E-state index in [-0.39, 0.29) is 16.9 Å². The molecule has 0 fully saturated rings. The highest BCUT2D eigenvalue weighted by atomic mass is 19.4. The normalized spacial score (nSPS) is 16.4. The number of carbonyl (C=O) groups excluding carboxylic acids is 3. The third kappa shape index (κ3) is 4.42. The molecule has 0 aliphatic carbocycles. The van der Waals surface area contributed by atoms with Crippen LogP contribution < -0.4 is 10.2 Å². The Hall–Kier alpha value is -3.43. The van der Waals surface area contributed by atoms with E-state index in [1.54, 1.807) is 0 Å². The van der Waals surface area contributed by atoms with Crippen LogP contribution in [0.5, 0.6) is 0 Å². The lowest BCUT2D eigenvalue weighted by molar-refractivity contribution is -0.158. The first-order valence-corrected chi connectivity index (χ1v) is 8.79. The topological polar surface area (TPSA) is 75.7 Å². The van der Waals surface area contributed by atoms with E-state index in [9.17, 15) is 31.9 Å². The Morgan fingerprint density at radius 1 is 1.20 bits per heavy atom. The molecule has 0 saturated heterocycles. The summed E-state index contributed by atoms with van der Waals surface area (Å²) >= 11 is 0. The van der Waals surface area contributed by atoms with Gasteiger partial charge in [-0.15, -0.1) is 0 Å². The largest absolute Gasteiger partial charge is 0.452 e. The first-order valence-electron chi connectivity index (χ1n) is 8.79. The van der Waals surface area contributed by atoms with Gasteiger partial charge in [-0.2, -0.15) is 13.2 Å². The quantitative estimate of drug-likeness (QED) is 0.604. The predicted octanol–water partition coefficient (Wildman–Crippen LogP) is 3.60. The maximum Gasteiger partial charge on any atom is 0.409 e. The van der Waals surface area contributed by atoms with Crippen LogP contribution in [-0.4, -0.2) is 36.6 Å². The minimum atomic E-state index is -4.91. The molecular formula is C20H16F4N2O4. The lowest BCUT2D eigenvalue weighted by Crippen LogP contribution is -2.51. The fourth-order valence-corrected chi connectivity index (χ4v) is 3.08. The van der Waals surface area contributed by atoms with Crippen LogP contribution in [0.15, 0.2) is 42.5 Å². The molecule has 1 atom stereocenters. The van der Waals surface area contributed by atoms with E-state index in [0.717, 1.165) is 12.1 Å². The molecule has 1 heterocycles. The molecule has 0 saturated carbocycles. The number of anilines is 2. The lowest BCUT2D eigenvalue weighted by Gasteiger charge is -2.31. The van der Waals surface area contributed by atoms with Crippen molar-refractivity contribution in [3.63, 3.8) is 0 Å². The van der Waals surface area contributed by atoms with E-state index in [0.29, 0.717) is 10.5 Å². The molecule has 3 rings (SSSR count). The number of aryl methyl sites for hydroxylation is 1. The second-order valence-electron chi connectivity index (χ2n) is 6.63. The van der Waals surface area contributed by atoms with Gasteiger partial charge in [0.05, 0.1) is 23.4 Å². The van der Waals surface area contributed by atoms with Crippen molar-refractivity contribution in [2.45, 2.75) is 25.6 Å². The Kier molecular flexibility index (Phi) is 5.77. The second kappa shape index (κ2) is 8.13. The fraction of sp³-hybridized carbons (Fsp3) is 0.250. The maximum absolute atomic E-state index is 13.6. The van der Waals surface area contributed by atoms with Crippen molar-refractivity contribution >= 4 is 29.2 Å². The molecule has 10 heteroatoms. The molecule has 0 aromatic heterocycles. The number of carbonyl (C=O) groups is 3. The molecule has 2 aromatic rings. The van der Waals surface area contributed by atoms with Gasteiger partial charge in [-0.1, -0.05) is 18.2 Å². The van der Waals surface area contributed by atoms with Crippen molar-refractivity contribution < 1.29 is 36.7 Å². The summed E-state index contributed by atoms with van der Waals surface area (Å²) in [7, 11) is 0. The molecule has 0 radical (unpaired) electrons. The molecule has 0 bridgehead atoms. The van der Waals surface area contributed by atoms with Gasteiger partial charge in [0.15, 0.2) is 6.61 Å². The van der Waals surface area contributed by atoms with Gasteiger partial charge in [0.2, 0.25) is 5.91 Å². The SMILES string of the molecule is Cc1ccc(F)cc1C(=O)OCC(=O)N1c2ccccc2NC(=O)CC1C(F)(F)F. The lowest BCUT2D eigenvalue weighted by atomic mass is 10.1. The van der Waals surface area contributed by atoms with Gasteiger partial charge in [-0.3, -0.25) is 14.5 Å². The number of halogens is 4. The number of hydrogen-bond acceptors (Lipinski definition) is 4. The molecule has 1 N–H and O–H groups in total. The maximum atomic E-state index is 13.6. The van der Waals surface area contributed by atoms with Crippen LogP contribution in [0.2, 0.25) is 0 Å². The summed E-state index contributed by atoms with van der Waals surface area (Å²) in [5.74, 6) is -3.85. The summed E-state index contributed by atoms with van der Waals surface area (Å²) in [4.78, 5) is 37.2. The van der Waals surface area contributed by atoms with Gasteiger partial charge >= 0.3 is 12.1 Å². The zero-order valence-electron chi connectivity index (χ0n) is 15.6. The summed E-state index contributed by atoms with van der Waals surface area (Å²) in [6.07, 6.45) is -5.92. The van der Waals surface area contributed by atoms with Crippen molar-refractivity contribution in [1.29, 1.82) is 0 Å². The fourth-order valence-electron chi connectivity index (χ4n) is 3.08. The van der Waals surface area contributed by atoms with Crippen molar-refractivity contribution in [2.75, 3.05) is 16.8 Å². The minimum absolute atomic E-state index is 0.0231. The van der Waals surface area contributed by atoms with Gasteiger partial charge in [0, 0.05) is 0 Å². The van der Waals surface area contributed by atoms with Crippen LogP contribution >= 0.6 is 0 Å². The standard InChI is InChI=1S/C20H16F4N2O4/c1-11-6-7-12(21)8-13(11)19(29)30-10-18(28)26-15-5-3-2-4-14(15)25-17(27)9-16(26)20(22,23)24/h2-8,16H,9-10H2,1H3,(H,25,27). The molecule has 1 aliphatic heterocycles. The molecule has 30 heavy (non-hydrogen) atoms. The number of fused-ring (bicyclic) bond motifs is 1. The summed E-state index contributed by atoms with van der Waals surface area (Å²) in [6.45, 7) is 0.490. The Balaban J connectivity index is 1.88. The zero-order chi connectivity index (χ0) is 22.1. The number of esters is 1. The van der Waals surface area contributed by atoms with E-state index in [2.05, 4.69) is 5.32 Å². The van der Waals surface area contributed by atoms with Crippen molar-refractivity contribution in [3.05, 3.63) is 59.4 Å². The van der Waals surface area contributed by atoms with Crippen LogP contribution in [0.1, 0.15) is 22.3 Å². The average Bonchev–Trinajstić information content (AvgIpc) is 2.83. The van der Waals surface area contributed by atoms with Crippen molar-refractivity contribution in [1.82, 2.24) is 0 Å². The Morgan fingerprint density at radius 2 is 1.90 bits per heavy atom. The third-order valence-corrected chi connectivity index (χ3v) is 4.52. The highest BCUT2D eigenvalue weighted by Crippen LogP contribution is 2.37. The second-order valence-corrected chi connectivity index (χ2v) is 6.63. The van der Waals surface area contributed by atoms with Crippen molar-refractivity contribution in [3.8, 4) is 0 Å². The molecule has 1 aliphatic rings.